The normalized spacial score (nSPS) is 28.7. The summed E-state index contributed by atoms with van der Waals surface area (Å²) in [6.45, 7) is 5.91. The third-order valence-electron chi connectivity index (χ3n) is 10.2. The highest BCUT2D eigenvalue weighted by Crippen LogP contribution is 2.62. The SMILES string of the molecule is C[C@]12CC[C@@H]3c4ccc(O)cc4C(=O)[C@@H](CCCCCCOCCOCCOCc4ccccc4)[C@H]3[C@@H]1CC[C@@H]2O. The number of fused-ring (bicyclic) bond motifs is 5. The predicted octanol–water partition coefficient (Wildman–Crippen LogP) is 6.68. The summed E-state index contributed by atoms with van der Waals surface area (Å²) in [5, 5.41) is 21.0. The molecule has 0 radical (unpaired) electrons. The molecule has 41 heavy (non-hydrogen) atoms. The van der Waals surface area contributed by atoms with E-state index in [4.69, 9.17) is 14.2 Å². The molecule has 0 bridgehead atoms. The maximum Gasteiger partial charge on any atom is 0.166 e. The van der Waals surface area contributed by atoms with Gasteiger partial charge in [0.2, 0.25) is 0 Å². The van der Waals surface area contributed by atoms with Crippen LogP contribution in [0.4, 0.5) is 0 Å². The van der Waals surface area contributed by atoms with Gasteiger partial charge < -0.3 is 24.4 Å². The molecular weight excluding hydrogens is 516 g/mol. The Hall–Kier alpha value is -2.25. The number of aliphatic hydroxyl groups is 1. The van der Waals surface area contributed by atoms with Crippen molar-refractivity contribution in [1.82, 2.24) is 0 Å². The van der Waals surface area contributed by atoms with E-state index in [9.17, 15) is 15.0 Å². The van der Waals surface area contributed by atoms with Gasteiger partial charge in [0.25, 0.3) is 0 Å². The Morgan fingerprint density at radius 2 is 1.59 bits per heavy atom. The first kappa shape index (κ1) is 30.2. The molecule has 2 fully saturated rings. The molecule has 0 spiro atoms. The van der Waals surface area contributed by atoms with E-state index in [-0.39, 0.29) is 29.0 Å². The van der Waals surface area contributed by atoms with Crippen molar-refractivity contribution in [3.05, 3.63) is 65.2 Å². The van der Waals surface area contributed by atoms with Gasteiger partial charge in [0.1, 0.15) is 5.75 Å². The lowest BCUT2D eigenvalue weighted by Crippen LogP contribution is -2.49. The number of Topliss-reactive ketones (excluding diaryl/α,β-unsaturated/α-hetero) is 1. The van der Waals surface area contributed by atoms with Crippen molar-refractivity contribution in [2.24, 2.45) is 23.2 Å². The fourth-order valence-electron chi connectivity index (χ4n) is 8.00. The molecule has 224 valence electrons. The fourth-order valence-corrected chi connectivity index (χ4v) is 8.00. The summed E-state index contributed by atoms with van der Waals surface area (Å²) in [5.74, 6) is 1.39. The van der Waals surface area contributed by atoms with Gasteiger partial charge in [-0.25, -0.2) is 0 Å². The quantitative estimate of drug-likeness (QED) is 0.235. The second-order valence-corrected chi connectivity index (χ2v) is 12.6. The number of phenols is 1. The van der Waals surface area contributed by atoms with Crippen LogP contribution in [-0.4, -0.2) is 55.1 Å². The molecule has 0 amide bonds. The summed E-state index contributed by atoms with van der Waals surface area (Å²) in [6, 6.07) is 15.5. The average Bonchev–Trinajstić information content (AvgIpc) is 3.29. The minimum absolute atomic E-state index is 0.0192. The summed E-state index contributed by atoms with van der Waals surface area (Å²) >= 11 is 0. The molecule has 2 saturated carbocycles. The molecule has 6 heteroatoms. The van der Waals surface area contributed by atoms with E-state index in [1.165, 1.54) is 5.56 Å². The van der Waals surface area contributed by atoms with Gasteiger partial charge in [-0.15, -0.1) is 0 Å². The molecule has 6 atom stereocenters. The molecule has 3 aliphatic rings. The topological polar surface area (TPSA) is 85.2 Å². The van der Waals surface area contributed by atoms with Crippen molar-refractivity contribution in [3.8, 4) is 5.75 Å². The fraction of sp³-hybridized carbons (Fsp3) is 0.629. The standard InChI is InChI=1S/C35H48O6/c1-35-17-16-28-27-13-12-26(36)23-30(27)34(38)29(33(28)31(35)14-15-32(35)37)11-7-2-3-8-18-39-19-20-40-21-22-41-24-25-9-5-4-6-10-25/h4-6,9-10,12-13,23,28-29,31-33,36-37H,2-3,7-8,11,14-22,24H2,1H3/t28-,29+,31+,32+,33+,35+/m1/s1. The van der Waals surface area contributed by atoms with E-state index in [1.54, 1.807) is 12.1 Å². The van der Waals surface area contributed by atoms with Gasteiger partial charge in [-0.2, -0.15) is 0 Å². The number of ether oxygens (including phenoxy) is 3. The molecule has 6 nitrogen and oxygen atoms in total. The first-order valence-electron chi connectivity index (χ1n) is 15.8. The minimum Gasteiger partial charge on any atom is -0.508 e. The molecule has 2 aromatic rings. The van der Waals surface area contributed by atoms with E-state index in [1.807, 2.05) is 24.3 Å². The highest BCUT2D eigenvalue weighted by atomic mass is 16.5. The molecule has 0 heterocycles. The second-order valence-electron chi connectivity index (χ2n) is 12.6. The van der Waals surface area contributed by atoms with E-state index >= 15 is 0 Å². The number of carbonyl (C=O) groups excluding carboxylic acids is 1. The highest BCUT2D eigenvalue weighted by molar-refractivity contribution is 6.01. The van der Waals surface area contributed by atoms with Crippen LogP contribution in [0.5, 0.6) is 5.75 Å². The highest BCUT2D eigenvalue weighted by Gasteiger charge is 2.58. The number of aliphatic hydroxyl groups excluding tert-OH is 1. The van der Waals surface area contributed by atoms with Gasteiger partial charge in [0.15, 0.2) is 5.78 Å². The van der Waals surface area contributed by atoms with Crippen LogP contribution in [0.3, 0.4) is 0 Å². The van der Waals surface area contributed by atoms with Crippen molar-refractivity contribution in [3.63, 3.8) is 0 Å². The lowest BCUT2D eigenvalue weighted by Gasteiger charge is -2.52. The lowest BCUT2D eigenvalue weighted by atomic mass is 9.51. The molecule has 5 rings (SSSR count). The first-order chi connectivity index (χ1) is 20.0. The molecule has 2 N–H and O–H groups in total. The Bertz CT molecular complexity index is 1120. The summed E-state index contributed by atoms with van der Waals surface area (Å²) in [4.78, 5) is 13.8. The molecule has 0 saturated heterocycles. The van der Waals surface area contributed by atoms with E-state index in [0.717, 1.165) is 75.5 Å². The monoisotopic (exact) mass is 564 g/mol. The number of benzene rings is 2. The smallest absolute Gasteiger partial charge is 0.166 e. The van der Waals surface area contributed by atoms with E-state index in [2.05, 4.69) is 19.1 Å². The van der Waals surface area contributed by atoms with Crippen LogP contribution in [0.25, 0.3) is 0 Å². The van der Waals surface area contributed by atoms with Crippen LogP contribution in [0.15, 0.2) is 48.5 Å². The van der Waals surface area contributed by atoms with Crippen LogP contribution in [-0.2, 0) is 20.8 Å². The lowest BCUT2D eigenvalue weighted by molar-refractivity contribution is -0.0350. The zero-order chi connectivity index (χ0) is 28.7. The zero-order valence-electron chi connectivity index (χ0n) is 24.6. The number of hydrogen-bond acceptors (Lipinski definition) is 6. The zero-order valence-corrected chi connectivity index (χ0v) is 24.6. The molecular formula is C35H48O6. The molecule has 0 unspecified atom stereocenters. The van der Waals surface area contributed by atoms with Crippen LogP contribution >= 0.6 is 0 Å². The van der Waals surface area contributed by atoms with Crippen molar-refractivity contribution in [2.45, 2.75) is 83.3 Å². The van der Waals surface area contributed by atoms with Gasteiger partial charge in [0.05, 0.1) is 39.1 Å². The summed E-state index contributed by atoms with van der Waals surface area (Å²) < 4.78 is 17.0. The first-order valence-corrected chi connectivity index (χ1v) is 15.8. The Morgan fingerprint density at radius 3 is 2.39 bits per heavy atom. The number of phenolic OH excluding ortho intramolecular Hbond substituents is 1. The summed E-state index contributed by atoms with van der Waals surface area (Å²) in [6.07, 6.45) is 8.70. The maximum atomic E-state index is 13.8. The number of unbranched alkanes of at least 4 members (excludes halogenated alkanes) is 3. The summed E-state index contributed by atoms with van der Waals surface area (Å²) in [5.41, 5.74) is 2.95. The number of rotatable bonds is 15. The largest absolute Gasteiger partial charge is 0.508 e. The Labute approximate surface area is 245 Å². The molecule has 0 aromatic heterocycles. The van der Waals surface area contributed by atoms with Crippen molar-refractivity contribution >= 4 is 5.78 Å². The van der Waals surface area contributed by atoms with Crippen molar-refractivity contribution in [1.29, 1.82) is 0 Å². The number of ketones is 1. The number of hydrogen-bond donors (Lipinski definition) is 2. The minimum atomic E-state index is -0.260. The average molecular weight is 565 g/mol. The second kappa shape index (κ2) is 14.3. The Kier molecular flexibility index (Phi) is 10.5. The number of aromatic hydroxyl groups is 1. The third kappa shape index (κ3) is 7.05. The van der Waals surface area contributed by atoms with Crippen LogP contribution in [0, 0.1) is 23.2 Å². The van der Waals surface area contributed by atoms with Gasteiger partial charge in [-0.1, -0.05) is 62.6 Å². The molecule has 2 aromatic carbocycles. The molecule has 0 aliphatic heterocycles. The van der Waals surface area contributed by atoms with Gasteiger partial charge in [-0.05, 0) is 85.0 Å². The van der Waals surface area contributed by atoms with Crippen LogP contribution in [0.1, 0.15) is 92.1 Å². The third-order valence-corrected chi connectivity index (χ3v) is 10.2. The van der Waals surface area contributed by atoms with Crippen molar-refractivity contribution in [2.75, 3.05) is 33.0 Å². The predicted molar refractivity (Wildman–Crippen MR) is 159 cm³/mol. The Morgan fingerprint density at radius 1 is 0.854 bits per heavy atom. The molecule has 3 aliphatic carbocycles. The number of carbonyl (C=O) groups is 1. The van der Waals surface area contributed by atoms with Gasteiger partial charge >= 0.3 is 0 Å². The van der Waals surface area contributed by atoms with Crippen LogP contribution in [0.2, 0.25) is 0 Å². The van der Waals surface area contributed by atoms with Gasteiger partial charge in [-0.3, -0.25) is 4.79 Å². The van der Waals surface area contributed by atoms with Crippen molar-refractivity contribution < 1.29 is 29.2 Å². The summed E-state index contributed by atoms with van der Waals surface area (Å²) in [7, 11) is 0. The van der Waals surface area contributed by atoms with Gasteiger partial charge in [0, 0.05) is 18.1 Å². The maximum absolute atomic E-state index is 13.8. The van der Waals surface area contributed by atoms with Crippen LogP contribution < -0.4 is 0 Å². The van der Waals surface area contributed by atoms with E-state index < -0.39 is 0 Å². The van der Waals surface area contributed by atoms with E-state index in [0.29, 0.717) is 50.8 Å². The Balaban J connectivity index is 0.999.